The van der Waals surface area contributed by atoms with Crippen LogP contribution in [0.2, 0.25) is 0 Å². The molecule has 0 unspecified atom stereocenters. The van der Waals surface area contributed by atoms with Crippen molar-refractivity contribution in [2.24, 2.45) is 0 Å². The van der Waals surface area contributed by atoms with Gasteiger partial charge in [0.25, 0.3) is 0 Å². The molecule has 1 aliphatic heterocycles. The lowest BCUT2D eigenvalue weighted by atomic mass is 9.77. The summed E-state index contributed by atoms with van der Waals surface area (Å²) in [6.45, 7) is 16.7. The van der Waals surface area contributed by atoms with Crippen LogP contribution >= 0.6 is 0 Å². The number of aromatic nitrogens is 2. The summed E-state index contributed by atoms with van der Waals surface area (Å²) in [4.78, 5) is 9.83. The van der Waals surface area contributed by atoms with Gasteiger partial charge in [0, 0.05) is 51.3 Å². The Hall–Kier alpha value is -7.89. The Labute approximate surface area is 406 Å². The molecule has 0 saturated carbocycles. The predicted molar refractivity (Wildman–Crippen MR) is 288 cm³/mol. The van der Waals surface area contributed by atoms with Gasteiger partial charge in [-0.05, 0) is 117 Å². The van der Waals surface area contributed by atoms with Crippen molar-refractivity contribution in [1.29, 1.82) is 0 Å². The summed E-state index contributed by atoms with van der Waals surface area (Å²) in [6, 6.07) is 74.4. The van der Waals surface area contributed by atoms with Gasteiger partial charge in [-0.15, -0.1) is 0 Å². The van der Waals surface area contributed by atoms with E-state index in [1.165, 1.54) is 44.3 Å². The molecule has 2 aromatic heterocycles. The van der Waals surface area contributed by atoms with Crippen molar-refractivity contribution in [3.05, 3.63) is 240 Å². The molecule has 5 heteroatoms. The molecular weight excluding hydrogens is 841 g/mol. The molecule has 0 spiro atoms. The molecule has 340 valence electrons. The number of nitrogens with zero attached hydrogens (tertiary/aromatic N) is 4. The van der Waals surface area contributed by atoms with E-state index in [4.69, 9.17) is 9.72 Å². The van der Waals surface area contributed by atoms with E-state index in [0.29, 0.717) is 6.67 Å². The van der Waals surface area contributed by atoms with Crippen LogP contribution in [-0.4, -0.2) is 16.2 Å². The van der Waals surface area contributed by atoms with Crippen molar-refractivity contribution in [1.82, 2.24) is 9.55 Å². The molecule has 1 aliphatic rings. The minimum Gasteiger partial charge on any atom is -0.457 e. The van der Waals surface area contributed by atoms with Gasteiger partial charge in [-0.1, -0.05) is 170 Å². The van der Waals surface area contributed by atoms with E-state index in [-0.39, 0.29) is 16.2 Å². The number of anilines is 4. The smallest absolute Gasteiger partial charge is 0.137 e. The van der Waals surface area contributed by atoms with Gasteiger partial charge in [0.15, 0.2) is 0 Å². The quantitative estimate of drug-likeness (QED) is 0.137. The Balaban J connectivity index is 0.964. The monoisotopic (exact) mass is 898 g/mol. The van der Waals surface area contributed by atoms with E-state index in [2.05, 4.69) is 269 Å². The number of rotatable bonds is 10. The molecule has 5 nitrogen and oxygen atoms in total. The van der Waals surface area contributed by atoms with Crippen LogP contribution in [0.4, 0.5) is 22.7 Å². The molecule has 0 fully saturated rings. The second kappa shape index (κ2) is 17.0. The lowest BCUT2D eigenvalue weighted by Crippen LogP contribution is -2.25. The maximum absolute atomic E-state index is 6.87. The first-order valence-electron chi connectivity index (χ1n) is 24.1. The minimum atomic E-state index is -0.224. The third-order valence-electron chi connectivity index (χ3n) is 14.5. The van der Waals surface area contributed by atoms with E-state index in [1.807, 2.05) is 6.20 Å². The van der Waals surface area contributed by atoms with Crippen LogP contribution in [0.1, 0.15) is 76.3 Å². The molecule has 3 heterocycles. The number of benzene rings is 8. The van der Waals surface area contributed by atoms with Gasteiger partial charge in [-0.3, -0.25) is 4.57 Å². The average molecular weight is 899 g/mol. The van der Waals surface area contributed by atoms with Gasteiger partial charge >= 0.3 is 0 Å². The first-order chi connectivity index (χ1) is 33.3. The van der Waals surface area contributed by atoms with E-state index in [0.717, 1.165) is 56.5 Å². The third-order valence-corrected chi connectivity index (χ3v) is 14.5. The molecular formula is C64H58N4O. The van der Waals surface area contributed by atoms with Crippen LogP contribution in [0.15, 0.2) is 212 Å². The second-order valence-corrected chi connectivity index (χ2v) is 20.6. The summed E-state index contributed by atoms with van der Waals surface area (Å²) >= 11 is 0. The van der Waals surface area contributed by atoms with Gasteiger partial charge in [-0.25, -0.2) is 4.98 Å². The topological polar surface area (TPSA) is 33.5 Å². The van der Waals surface area contributed by atoms with Crippen molar-refractivity contribution in [3.63, 3.8) is 0 Å². The third kappa shape index (κ3) is 8.02. The Morgan fingerprint density at radius 1 is 0.406 bits per heavy atom. The molecule has 0 aliphatic carbocycles. The molecule has 69 heavy (non-hydrogen) atoms. The Bertz CT molecular complexity index is 3490. The summed E-state index contributed by atoms with van der Waals surface area (Å²) in [5.74, 6) is 2.41. The summed E-state index contributed by atoms with van der Waals surface area (Å²) in [6.07, 6.45) is 1.94. The van der Waals surface area contributed by atoms with Gasteiger partial charge < -0.3 is 14.5 Å². The minimum absolute atomic E-state index is 0.0378. The van der Waals surface area contributed by atoms with Crippen molar-refractivity contribution >= 4 is 44.6 Å². The maximum atomic E-state index is 6.87. The zero-order valence-corrected chi connectivity index (χ0v) is 40.6. The Morgan fingerprint density at radius 2 is 1.03 bits per heavy atom. The lowest BCUT2D eigenvalue weighted by Gasteiger charge is -2.29. The highest BCUT2D eigenvalue weighted by Crippen LogP contribution is 2.47. The number of ether oxygens (including phenoxy) is 1. The molecule has 0 atom stereocenters. The number of hydrogen-bond acceptors (Lipinski definition) is 4. The van der Waals surface area contributed by atoms with Crippen LogP contribution in [-0.2, 0) is 16.2 Å². The SMILES string of the molecule is CC(C)(C)c1ccnc(-n2c3ccc(C(C)(C)c4ccccc4)cc3c3ccc(Oc4cccc(N5CN(c6cc(-c7ccccc7)cc(C(C)(C)c7ccccc7)c6)c6ccccc65)c4)cc32)c1. The first kappa shape index (κ1) is 43.7. The van der Waals surface area contributed by atoms with Crippen LogP contribution < -0.4 is 14.5 Å². The molecule has 0 saturated heterocycles. The highest BCUT2D eigenvalue weighted by Gasteiger charge is 2.31. The Morgan fingerprint density at radius 3 is 1.71 bits per heavy atom. The zero-order valence-electron chi connectivity index (χ0n) is 40.6. The normalized spacial score (nSPS) is 13.0. The van der Waals surface area contributed by atoms with Crippen LogP contribution in [0.3, 0.4) is 0 Å². The summed E-state index contributed by atoms with van der Waals surface area (Å²) < 4.78 is 9.18. The van der Waals surface area contributed by atoms with Crippen LogP contribution in [0.25, 0.3) is 38.8 Å². The fraction of sp³-hybridized carbons (Fsp3) is 0.172. The van der Waals surface area contributed by atoms with E-state index in [9.17, 15) is 0 Å². The largest absolute Gasteiger partial charge is 0.457 e. The summed E-state index contributed by atoms with van der Waals surface area (Å²) in [5.41, 5.74) is 14.9. The van der Waals surface area contributed by atoms with Gasteiger partial charge in [0.2, 0.25) is 0 Å². The molecule has 11 rings (SSSR count). The molecule has 8 aromatic carbocycles. The van der Waals surface area contributed by atoms with Crippen LogP contribution in [0.5, 0.6) is 11.5 Å². The number of para-hydroxylation sites is 2. The Kier molecular flexibility index (Phi) is 10.8. The molecule has 0 amide bonds. The summed E-state index contributed by atoms with van der Waals surface area (Å²) in [5, 5.41) is 2.34. The fourth-order valence-corrected chi connectivity index (χ4v) is 10.2. The lowest BCUT2D eigenvalue weighted by molar-refractivity contribution is 0.483. The summed E-state index contributed by atoms with van der Waals surface area (Å²) in [7, 11) is 0. The van der Waals surface area contributed by atoms with Crippen molar-refractivity contribution in [2.75, 3.05) is 16.5 Å². The number of hydrogen-bond donors (Lipinski definition) is 0. The fourth-order valence-electron chi connectivity index (χ4n) is 10.2. The van der Waals surface area contributed by atoms with E-state index >= 15 is 0 Å². The van der Waals surface area contributed by atoms with Crippen LogP contribution in [0, 0.1) is 0 Å². The second-order valence-electron chi connectivity index (χ2n) is 20.6. The van der Waals surface area contributed by atoms with Crippen molar-refractivity contribution in [3.8, 4) is 28.4 Å². The molecule has 10 aromatic rings. The standard InChI is InChI=1S/C64H58N4O/c1-62(2,3)48-34-35-65-61(40-48)68-57-33-30-49(63(4,5)46-22-13-9-14-23-46)39-56(57)55-32-31-54(42-60(55)68)69-53-27-19-26-51(41-53)66-43-67(59-29-18-17-28-58(59)66)52-37-45(44-20-11-8-12-21-44)36-50(38-52)64(6,7)47-24-15-10-16-25-47/h8-42H,43H2,1-7H3. The molecule has 0 radical (unpaired) electrons. The van der Waals surface area contributed by atoms with E-state index in [1.54, 1.807) is 0 Å². The molecule has 0 N–H and O–H groups in total. The first-order valence-corrected chi connectivity index (χ1v) is 24.1. The zero-order chi connectivity index (χ0) is 47.5. The number of fused-ring (bicyclic) bond motifs is 4. The maximum Gasteiger partial charge on any atom is 0.137 e. The number of pyridine rings is 1. The highest BCUT2D eigenvalue weighted by atomic mass is 16.5. The van der Waals surface area contributed by atoms with Crippen molar-refractivity contribution in [2.45, 2.75) is 64.7 Å². The average Bonchev–Trinajstić information content (AvgIpc) is 3.93. The van der Waals surface area contributed by atoms with Crippen molar-refractivity contribution < 1.29 is 4.74 Å². The van der Waals surface area contributed by atoms with E-state index < -0.39 is 0 Å². The highest BCUT2D eigenvalue weighted by molar-refractivity contribution is 6.10. The predicted octanol–water partition coefficient (Wildman–Crippen LogP) is 16.8. The molecule has 0 bridgehead atoms. The van der Waals surface area contributed by atoms with Gasteiger partial charge in [0.05, 0.1) is 22.4 Å². The van der Waals surface area contributed by atoms with Gasteiger partial charge in [-0.2, -0.15) is 0 Å². The van der Waals surface area contributed by atoms with Gasteiger partial charge in [0.1, 0.15) is 24.0 Å².